The Morgan fingerprint density at radius 2 is 2.25 bits per heavy atom. The predicted molar refractivity (Wildman–Crippen MR) is 92.7 cm³/mol. The van der Waals surface area contributed by atoms with Crippen molar-refractivity contribution in [3.05, 3.63) is 29.6 Å². The average Bonchev–Trinajstić information content (AvgIpc) is 2.48. The fourth-order valence-corrected chi connectivity index (χ4v) is 2.96. The van der Waals surface area contributed by atoms with Crippen molar-refractivity contribution in [2.45, 2.75) is 39.0 Å². The molecule has 2 rings (SSSR count). The number of aromatic nitrogens is 1. The topological polar surface area (TPSA) is 54.9 Å². The molecule has 1 saturated heterocycles. The highest BCUT2D eigenvalue weighted by Gasteiger charge is 2.33. The molecule has 1 amide bonds. The van der Waals surface area contributed by atoms with Gasteiger partial charge in [-0.2, -0.15) is 0 Å². The monoisotopic (exact) mass is 335 g/mol. The highest BCUT2D eigenvalue weighted by atomic mass is 16.5. The van der Waals surface area contributed by atoms with Crippen molar-refractivity contribution in [2.24, 2.45) is 0 Å². The summed E-state index contributed by atoms with van der Waals surface area (Å²) in [6, 6.07) is 4.09. The third-order valence-corrected chi connectivity index (χ3v) is 4.09. The van der Waals surface area contributed by atoms with Crippen LogP contribution in [0.2, 0.25) is 0 Å². The second kappa shape index (κ2) is 8.05. The maximum atomic E-state index is 11.6. The fraction of sp³-hybridized carbons (Fsp3) is 0.667. The number of amides is 1. The van der Waals surface area contributed by atoms with Gasteiger partial charge >= 0.3 is 0 Å². The smallest absolute Gasteiger partial charge is 0.248 e. The van der Waals surface area contributed by atoms with Gasteiger partial charge in [-0.15, -0.1) is 0 Å². The van der Waals surface area contributed by atoms with Crippen LogP contribution in [0.25, 0.3) is 0 Å². The summed E-state index contributed by atoms with van der Waals surface area (Å²) >= 11 is 0. The first-order valence-electron chi connectivity index (χ1n) is 8.35. The summed E-state index contributed by atoms with van der Waals surface area (Å²) in [7, 11) is 3.45. The molecule has 2 heterocycles. The van der Waals surface area contributed by atoms with Crippen molar-refractivity contribution in [3.8, 4) is 0 Å². The molecule has 0 bridgehead atoms. The van der Waals surface area contributed by atoms with Crippen LogP contribution in [-0.2, 0) is 20.8 Å². The zero-order valence-corrected chi connectivity index (χ0v) is 15.4. The van der Waals surface area contributed by atoms with Crippen molar-refractivity contribution in [1.29, 1.82) is 0 Å². The van der Waals surface area contributed by atoms with E-state index in [4.69, 9.17) is 9.47 Å². The Morgan fingerprint density at radius 1 is 1.50 bits per heavy atom. The quantitative estimate of drug-likeness (QED) is 0.788. The van der Waals surface area contributed by atoms with E-state index in [0.29, 0.717) is 6.61 Å². The van der Waals surface area contributed by atoms with Crippen LogP contribution >= 0.6 is 0 Å². The number of hydrogen-bond donors (Lipinski definition) is 0. The van der Waals surface area contributed by atoms with Gasteiger partial charge in [-0.3, -0.25) is 14.7 Å². The minimum Gasteiger partial charge on any atom is -0.369 e. The predicted octanol–water partition coefficient (Wildman–Crippen LogP) is 1.47. The Kier molecular flexibility index (Phi) is 6.32. The van der Waals surface area contributed by atoms with Crippen LogP contribution in [0.4, 0.5) is 0 Å². The van der Waals surface area contributed by atoms with E-state index in [1.807, 2.05) is 19.2 Å². The van der Waals surface area contributed by atoms with Crippen LogP contribution < -0.4 is 0 Å². The van der Waals surface area contributed by atoms with Crippen molar-refractivity contribution in [3.63, 3.8) is 0 Å². The van der Waals surface area contributed by atoms with E-state index in [1.165, 1.54) is 10.5 Å². The number of nitrogens with zero attached hydrogens (tertiary/aromatic N) is 3. The lowest BCUT2D eigenvalue weighted by atomic mass is 10.0. The minimum atomic E-state index is -0.242. The summed E-state index contributed by atoms with van der Waals surface area (Å²) in [6.07, 6.45) is 1.78. The lowest BCUT2D eigenvalue weighted by molar-refractivity contribution is -0.161. The number of aryl methyl sites for hydroxylation is 1. The minimum absolute atomic E-state index is 0.0343. The van der Waals surface area contributed by atoms with E-state index in [1.54, 1.807) is 14.1 Å². The second-order valence-corrected chi connectivity index (χ2v) is 7.22. The maximum Gasteiger partial charge on any atom is 0.248 e. The molecule has 6 nitrogen and oxygen atoms in total. The maximum absolute atomic E-state index is 11.6. The highest BCUT2D eigenvalue weighted by Crippen LogP contribution is 2.23. The van der Waals surface area contributed by atoms with E-state index < -0.39 is 0 Å². The Hall–Kier alpha value is -1.50. The van der Waals surface area contributed by atoms with E-state index >= 15 is 0 Å². The summed E-state index contributed by atoms with van der Waals surface area (Å²) < 4.78 is 11.7. The van der Waals surface area contributed by atoms with Gasteiger partial charge in [-0.25, -0.2) is 0 Å². The van der Waals surface area contributed by atoms with Crippen LogP contribution in [0, 0.1) is 6.92 Å². The molecule has 1 atom stereocenters. The number of rotatable bonds is 6. The third kappa shape index (κ3) is 5.54. The summed E-state index contributed by atoms with van der Waals surface area (Å²) in [5.74, 6) is -0.0343. The Bertz CT molecular complexity index is 560. The standard InChI is InChI=1S/C18H29N3O3/c1-14-15(7-6-8-19-14)9-21-10-16(24-18(2,3)13-21)11-23-12-17(22)20(4)5/h6-8,16H,9-13H2,1-5H3. The lowest BCUT2D eigenvalue weighted by Gasteiger charge is -2.42. The van der Waals surface area contributed by atoms with E-state index in [0.717, 1.165) is 25.3 Å². The summed E-state index contributed by atoms with van der Waals surface area (Å²) in [5.41, 5.74) is 2.05. The second-order valence-electron chi connectivity index (χ2n) is 7.22. The summed E-state index contributed by atoms with van der Waals surface area (Å²) in [6.45, 7) is 9.22. The number of hydrogen-bond acceptors (Lipinski definition) is 5. The van der Waals surface area contributed by atoms with Crippen LogP contribution in [0.1, 0.15) is 25.1 Å². The molecular weight excluding hydrogens is 306 g/mol. The zero-order valence-electron chi connectivity index (χ0n) is 15.4. The van der Waals surface area contributed by atoms with E-state index in [-0.39, 0.29) is 24.2 Å². The van der Waals surface area contributed by atoms with Crippen molar-refractivity contribution in [2.75, 3.05) is 40.4 Å². The first-order valence-corrected chi connectivity index (χ1v) is 8.35. The molecule has 6 heteroatoms. The molecule has 0 saturated carbocycles. The molecule has 0 aromatic carbocycles. The van der Waals surface area contributed by atoms with Gasteiger partial charge in [0.15, 0.2) is 0 Å². The lowest BCUT2D eigenvalue weighted by Crippen LogP contribution is -2.53. The molecular formula is C18H29N3O3. The largest absolute Gasteiger partial charge is 0.369 e. The number of carbonyl (C=O) groups is 1. The number of ether oxygens (including phenoxy) is 2. The van der Waals surface area contributed by atoms with E-state index in [9.17, 15) is 4.79 Å². The molecule has 134 valence electrons. The third-order valence-electron chi connectivity index (χ3n) is 4.09. The van der Waals surface area contributed by atoms with Crippen LogP contribution in [0.3, 0.4) is 0 Å². The van der Waals surface area contributed by atoms with Crippen molar-refractivity contribution in [1.82, 2.24) is 14.8 Å². The molecule has 0 radical (unpaired) electrons. The SMILES string of the molecule is Cc1ncccc1CN1CC(COCC(=O)N(C)C)OC(C)(C)C1. The molecule has 1 fully saturated rings. The molecule has 1 aromatic rings. The van der Waals surface area contributed by atoms with Crippen LogP contribution in [-0.4, -0.2) is 72.8 Å². The number of morpholine rings is 1. The molecule has 1 aliphatic heterocycles. The normalized spacial score (nSPS) is 20.8. The van der Waals surface area contributed by atoms with Crippen LogP contribution in [0.5, 0.6) is 0 Å². The molecule has 0 N–H and O–H groups in total. The van der Waals surface area contributed by atoms with Gasteiger partial charge in [0.1, 0.15) is 6.61 Å². The molecule has 1 unspecified atom stereocenters. The average molecular weight is 335 g/mol. The van der Waals surface area contributed by atoms with Gasteiger partial charge in [0.25, 0.3) is 0 Å². The number of carbonyl (C=O) groups excluding carboxylic acids is 1. The summed E-state index contributed by atoms with van der Waals surface area (Å²) in [5, 5.41) is 0. The van der Waals surface area contributed by atoms with Gasteiger partial charge in [0, 0.05) is 45.6 Å². The van der Waals surface area contributed by atoms with Crippen molar-refractivity contribution >= 4 is 5.91 Å². The molecule has 1 aromatic heterocycles. The molecule has 24 heavy (non-hydrogen) atoms. The number of pyridine rings is 1. The Morgan fingerprint density at radius 3 is 2.92 bits per heavy atom. The molecule has 0 aliphatic carbocycles. The Labute approximate surface area is 144 Å². The van der Waals surface area contributed by atoms with Gasteiger partial charge < -0.3 is 14.4 Å². The van der Waals surface area contributed by atoms with Gasteiger partial charge in [0.05, 0.1) is 18.3 Å². The molecule has 0 spiro atoms. The van der Waals surface area contributed by atoms with Gasteiger partial charge in [-0.1, -0.05) is 6.07 Å². The van der Waals surface area contributed by atoms with Crippen molar-refractivity contribution < 1.29 is 14.3 Å². The Balaban J connectivity index is 1.91. The van der Waals surface area contributed by atoms with Gasteiger partial charge in [-0.05, 0) is 32.4 Å². The first kappa shape index (κ1) is 18.8. The van der Waals surface area contributed by atoms with Crippen LogP contribution in [0.15, 0.2) is 18.3 Å². The number of likely N-dealkylation sites (N-methyl/N-ethyl adjacent to an activating group) is 1. The highest BCUT2D eigenvalue weighted by molar-refractivity contribution is 5.76. The first-order chi connectivity index (χ1) is 11.3. The zero-order chi connectivity index (χ0) is 17.7. The van der Waals surface area contributed by atoms with Gasteiger partial charge in [0.2, 0.25) is 5.91 Å². The molecule has 1 aliphatic rings. The van der Waals surface area contributed by atoms with E-state index in [2.05, 4.69) is 29.8 Å². The fourth-order valence-electron chi connectivity index (χ4n) is 2.96. The summed E-state index contributed by atoms with van der Waals surface area (Å²) in [4.78, 5) is 19.9.